The summed E-state index contributed by atoms with van der Waals surface area (Å²) in [5.74, 6) is -2.29. The summed E-state index contributed by atoms with van der Waals surface area (Å²) in [7, 11) is 0. The third-order valence-electron chi connectivity index (χ3n) is 3.32. The Kier molecular flexibility index (Phi) is 2.63. The van der Waals surface area contributed by atoms with E-state index >= 15 is 0 Å². The smallest absolute Gasteiger partial charge is 0.395 e. The Morgan fingerprint density at radius 2 is 2.24 bits per heavy atom. The van der Waals surface area contributed by atoms with Gasteiger partial charge in [-0.25, -0.2) is 0 Å². The van der Waals surface area contributed by atoms with Crippen molar-refractivity contribution in [3.63, 3.8) is 0 Å². The van der Waals surface area contributed by atoms with Crippen LogP contribution in [0.25, 0.3) is 0 Å². The van der Waals surface area contributed by atoms with Crippen LogP contribution in [-0.2, 0) is 4.79 Å². The van der Waals surface area contributed by atoms with Gasteiger partial charge in [-0.05, 0) is 18.4 Å². The molecule has 17 heavy (non-hydrogen) atoms. The van der Waals surface area contributed by atoms with Crippen molar-refractivity contribution in [1.82, 2.24) is 10.2 Å². The van der Waals surface area contributed by atoms with E-state index in [1.807, 2.05) is 0 Å². The standard InChI is InChI=1S/C10H11F3N2O2/c11-10(12,13)9(1-2-9)7(3-8(16)17)6-4-14-15-5-6/h4-5,7H,1-3H2,(H,14,15)(H,16,17)/t7-/m1/s1. The second-order valence-electron chi connectivity index (χ2n) is 4.34. The molecule has 0 bridgehead atoms. The zero-order chi connectivity index (χ0) is 12.7. The quantitative estimate of drug-likeness (QED) is 0.859. The first kappa shape index (κ1) is 11.9. The minimum atomic E-state index is -4.37. The molecule has 2 rings (SSSR count). The Labute approximate surface area is 94.8 Å². The number of aromatic amines is 1. The molecule has 7 heteroatoms. The van der Waals surface area contributed by atoms with Gasteiger partial charge < -0.3 is 5.11 Å². The molecule has 2 N–H and O–H groups in total. The average Bonchev–Trinajstić information content (AvgIpc) is 2.83. The molecule has 1 fully saturated rings. The maximum absolute atomic E-state index is 13.0. The highest BCUT2D eigenvalue weighted by molar-refractivity contribution is 5.68. The van der Waals surface area contributed by atoms with E-state index in [-0.39, 0.29) is 12.8 Å². The maximum atomic E-state index is 13.0. The van der Waals surface area contributed by atoms with Gasteiger partial charge in [0.1, 0.15) is 0 Å². The first-order chi connectivity index (χ1) is 7.87. The molecular formula is C10H11F3N2O2. The third-order valence-corrected chi connectivity index (χ3v) is 3.32. The molecule has 1 aliphatic rings. The fourth-order valence-corrected chi connectivity index (χ4v) is 2.22. The highest BCUT2D eigenvalue weighted by Crippen LogP contribution is 2.66. The van der Waals surface area contributed by atoms with Crippen LogP contribution in [0.4, 0.5) is 13.2 Å². The van der Waals surface area contributed by atoms with Gasteiger partial charge in [0, 0.05) is 12.1 Å². The van der Waals surface area contributed by atoms with Crippen LogP contribution in [0.1, 0.15) is 30.7 Å². The van der Waals surface area contributed by atoms with Crippen LogP contribution in [0.15, 0.2) is 12.4 Å². The van der Waals surface area contributed by atoms with Crippen molar-refractivity contribution in [3.05, 3.63) is 18.0 Å². The molecule has 0 aromatic carbocycles. The van der Waals surface area contributed by atoms with Crippen molar-refractivity contribution in [2.75, 3.05) is 0 Å². The number of H-pyrrole nitrogens is 1. The Morgan fingerprint density at radius 3 is 2.59 bits per heavy atom. The second-order valence-corrected chi connectivity index (χ2v) is 4.34. The topological polar surface area (TPSA) is 66.0 Å². The first-order valence-electron chi connectivity index (χ1n) is 5.14. The number of aliphatic carboxylic acids is 1. The van der Waals surface area contributed by atoms with Crippen LogP contribution in [0, 0.1) is 5.41 Å². The van der Waals surface area contributed by atoms with Crippen LogP contribution in [0.3, 0.4) is 0 Å². The Morgan fingerprint density at radius 1 is 1.59 bits per heavy atom. The van der Waals surface area contributed by atoms with Gasteiger partial charge in [0.25, 0.3) is 0 Å². The zero-order valence-corrected chi connectivity index (χ0v) is 8.79. The number of aromatic nitrogens is 2. The molecule has 1 heterocycles. The summed E-state index contributed by atoms with van der Waals surface area (Å²) < 4.78 is 38.9. The lowest BCUT2D eigenvalue weighted by molar-refractivity contribution is -0.195. The summed E-state index contributed by atoms with van der Waals surface area (Å²) in [6.07, 6.45) is -2.33. The maximum Gasteiger partial charge on any atom is 0.395 e. The van der Waals surface area contributed by atoms with Crippen molar-refractivity contribution < 1.29 is 23.1 Å². The van der Waals surface area contributed by atoms with E-state index in [4.69, 9.17) is 5.11 Å². The number of alkyl halides is 3. The molecule has 0 aliphatic heterocycles. The van der Waals surface area contributed by atoms with Gasteiger partial charge >= 0.3 is 12.1 Å². The van der Waals surface area contributed by atoms with Gasteiger partial charge in [-0.1, -0.05) is 0 Å². The molecule has 1 atom stereocenters. The van der Waals surface area contributed by atoms with Crippen molar-refractivity contribution in [1.29, 1.82) is 0 Å². The lowest BCUT2D eigenvalue weighted by atomic mass is 9.81. The van der Waals surface area contributed by atoms with Crippen molar-refractivity contribution in [2.45, 2.75) is 31.4 Å². The number of hydrogen-bond donors (Lipinski definition) is 2. The van der Waals surface area contributed by atoms with Crippen molar-refractivity contribution in [3.8, 4) is 0 Å². The fourth-order valence-electron chi connectivity index (χ4n) is 2.22. The SMILES string of the molecule is O=C(O)C[C@H](c1cn[nH]c1)C1(C(F)(F)F)CC1. The summed E-state index contributed by atoms with van der Waals surface area (Å²) in [4.78, 5) is 10.7. The van der Waals surface area contributed by atoms with E-state index in [1.54, 1.807) is 0 Å². The van der Waals surface area contributed by atoms with E-state index < -0.39 is 29.9 Å². The Hall–Kier alpha value is -1.53. The Balaban J connectivity index is 2.32. The molecule has 0 unspecified atom stereocenters. The summed E-state index contributed by atoms with van der Waals surface area (Å²) in [5.41, 5.74) is -1.57. The third kappa shape index (κ3) is 2.01. The number of hydrogen-bond acceptors (Lipinski definition) is 2. The minimum absolute atomic E-state index is 0.0143. The van der Waals surface area contributed by atoms with E-state index in [0.29, 0.717) is 5.56 Å². The van der Waals surface area contributed by atoms with E-state index in [9.17, 15) is 18.0 Å². The van der Waals surface area contributed by atoms with Crippen LogP contribution in [-0.4, -0.2) is 27.4 Å². The van der Waals surface area contributed by atoms with Crippen LogP contribution in [0.5, 0.6) is 0 Å². The van der Waals surface area contributed by atoms with Crippen LogP contribution < -0.4 is 0 Å². The van der Waals surface area contributed by atoms with Crippen molar-refractivity contribution >= 4 is 5.97 Å². The molecule has 0 radical (unpaired) electrons. The summed E-state index contributed by atoms with van der Waals surface area (Å²) in [6, 6.07) is 0. The summed E-state index contributed by atoms with van der Waals surface area (Å²) >= 11 is 0. The van der Waals surface area contributed by atoms with E-state index in [0.717, 1.165) is 0 Å². The number of carbonyl (C=O) groups is 1. The van der Waals surface area contributed by atoms with Gasteiger partial charge in [0.15, 0.2) is 0 Å². The van der Waals surface area contributed by atoms with E-state index in [2.05, 4.69) is 10.2 Å². The van der Waals surface area contributed by atoms with Crippen LogP contribution in [0.2, 0.25) is 0 Å². The average molecular weight is 248 g/mol. The monoisotopic (exact) mass is 248 g/mol. The predicted octanol–water partition coefficient (Wildman–Crippen LogP) is 2.31. The lowest BCUT2D eigenvalue weighted by Crippen LogP contribution is -2.32. The Bertz CT molecular complexity index is 410. The normalized spacial score (nSPS) is 19.9. The number of carboxylic acid groups (broad SMARTS) is 1. The number of rotatable bonds is 4. The highest BCUT2D eigenvalue weighted by atomic mass is 19.4. The number of carboxylic acids is 1. The number of nitrogens with one attached hydrogen (secondary N) is 1. The molecule has 0 amide bonds. The lowest BCUT2D eigenvalue weighted by Gasteiger charge is -2.27. The molecule has 1 aliphatic carbocycles. The molecule has 94 valence electrons. The molecule has 0 spiro atoms. The molecular weight excluding hydrogens is 237 g/mol. The molecule has 0 saturated heterocycles. The second kappa shape index (κ2) is 3.75. The van der Waals surface area contributed by atoms with Crippen LogP contribution >= 0.6 is 0 Å². The predicted molar refractivity (Wildman–Crippen MR) is 51.3 cm³/mol. The van der Waals surface area contributed by atoms with Gasteiger partial charge in [-0.3, -0.25) is 9.89 Å². The summed E-state index contributed by atoms with van der Waals surface area (Å²) in [6.45, 7) is 0. The number of nitrogens with zero attached hydrogens (tertiary/aromatic N) is 1. The van der Waals surface area contributed by atoms with Gasteiger partial charge in [0.05, 0.1) is 18.0 Å². The van der Waals surface area contributed by atoms with E-state index in [1.165, 1.54) is 12.4 Å². The van der Waals surface area contributed by atoms with Gasteiger partial charge in [0.2, 0.25) is 0 Å². The molecule has 1 saturated carbocycles. The number of halogens is 3. The minimum Gasteiger partial charge on any atom is -0.481 e. The highest BCUT2D eigenvalue weighted by Gasteiger charge is 2.67. The molecule has 1 aromatic rings. The zero-order valence-electron chi connectivity index (χ0n) is 8.79. The molecule has 1 aromatic heterocycles. The molecule has 4 nitrogen and oxygen atoms in total. The fraction of sp³-hybridized carbons (Fsp3) is 0.600. The largest absolute Gasteiger partial charge is 0.481 e. The van der Waals surface area contributed by atoms with Gasteiger partial charge in [-0.2, -0.15) is 18.3 Å². The van der Waals surface area contributed by atoms with Crippen molar-refractivity contribution in [2.24, 2.45) is 5.41 Å². The summed E-state index contributed by atoms with van der Waals surface area (Å²) in [5, 5.41) is 14.8. The van der Waals surface area contributed by atoms with Gasteiger partial charge in [-0.15, -0.1) is 0 Å². The first-order valence-corrected chi connectivity index (χ1v) is 5.14.